The summed E-state index contributed by atoms with van der Waals surface area (Å²) in [5.74, 6) is -0.138. The van der Waals surface area contributed by atoms with Crippen molar-refractivity contribution in [2.24, 2.45) is 0 Å². The number of aryl methyl sites for hydroxylation is 1. The van der Waals surface area contributed by atoms with E-state index in [4.69, 9.17) is 0 Å². The lowest BCUT2D eigenvalue weighted by atomic mass is 10.2. The van der Waals surface area contributed by atoms with Crippen LogP contribution in [-0.4, -0.2) is 28.0 Å². The molecule has 0 spiro atoms. The van der Waals surface area contributed by atoms with Gasteiger partial charge in [0.25, 0.3) is 5.91 Å². The van der Waals surface area contributed by atoms with Gasteiger partial charge in [0.1, 0.15) is 0 Å². The normalized spacial score (nSPS) is 10.2. The van der Waals surface area contributed by atoms with Gasteiger partial charge in [-0.2, -0.15) is 0 Å². The molecule has 27 heavy (non-hydrogen) atoms. The molecular formula is C20H21N5O2. The highest BCUT2D eigenvalue weighted by molar-refractivity contribution is 6.00. The molecule has 0 saturated carbocycles. The highest BCUT2D eigenvalue weighted by atomic mass is 16.2. The number of nitrogens with zero attached hydrogens (tertiary/aromatic N) is 2. The predicted octanol–water partition coefficient (Wildman–Crippen LogP) is 3.35. The van der Waals surface area contributed by atoms with Gasteiger partial charge in [-0.1, -0.05) is 18.2 Å². The average Bonchev–Trinajstić information content (AvgIpc) is 3.20. The van der Waals surface area contributed by atoms with Gasteiger partial charge in [0, 0.05) is 42.4 Å². The van der Waals surface area contributed by atoms with E-state index in [-0.39, 0.29) is 11.9 Å². The fraction of sp³-hybridized carbons (Fsp3) is 0.150. The van der Waals surface area contributed by atoms with Gasteiger partial charge in [0.15, 0.2) is 0 Å². The molecule has 0 aliphatic rings. The van der Waals surface area contributed by atoms with Crippen LogP contribution >= 0.6 is 0 Å². The van der Waals surface area contributed by atoms with Gasteiger partial charge in [-0.05, 0) is 42.8 Å². The van der Waals surface area contributed by atoms with Crippen molar-refractivity contribution in [2.45, 2.75) is 13.0 Å². The van der Waals surface area contributed by atoms with Gasteiger partial charge < -0.3 is 20.5 Å². The summed E-state index contributed by atoms with van der Waals surface area (Å²) in [6.45, 7) is 1.39. The first kappa shape index (κ1) is 18.2. The number of hydrogen-bond acceptors (Lipinski definition) is 3. The number of rotatable bonds is 7. The fourth-order valence-corrected chi connectivity index (χ4v) is 2.50. The van der Waals surface area contributed by atoms with E-state index in [1.54, 1.807) is 48.9 Å². The number of nitrogens with one attached hydrogen (secondary N) is 3. The molecule has 0 bridgehead atoms. The van der Waals surface area contributed by atoms with E-state index in [1.807, 2.05) is 29.0 Å². The summed E-state index contributed by atoms with van der Waals surface area (Å²) in [5.41, 5.74) is 1.87. The number of carbonyl (C=O) groups is 2. The SMILES string of the molecule is O=C(Nc1ccccc1)Nc1ccc(C(=O)NCCCn2ccnc2)cc1. The number of aromatic nitrogens is 2. The Kier molecular flexibility index (Phi) is 6.19. The van der Waals surface area contributed by atoms with Crippen molar-refractivity contribution in [2.75, 3.05) is 17.2 Å². The maximum absolute atomic E-state index is 12.2. The van der Waals surface area contributed by atoms with Crippen LogP contribution in [0.25, 0.3) is 0 Å². The van der Waals surface area contributed by atoms with Crippen LogP contribution in [0.15, 0.2) is 73.3 Å². The third-order valence-electron chi connectivity index (χ3n) is 3.87. The Morgan fingerprint density at radius 1 is 0.926 bits per heavy atom. The number of benzene rings is 2. The molecule has 0 radical (unpaired) electrons. The highest BCUT2D eigenvalue weighted by Gasteiger charge is 2.06. The maximum Gasteiger partial charge on any atom is 0.323 e. The highest BCUT2D eigenvalue weighted by Crippen LogP contribution is 2.11. The van der Waals surface area contributed by atoms with Crippen molar-refractivity contribution in [3.05, 3.63) is 78.9 Å². The molecular weight excluding hydrogens is 342 g/mol. The van der Waals surface area contributed by atoms with E-state index >= 15 is 0 Å². The number of anilines is 2. The number of hydrogen-bond donors (Lipinski definition) is 3. The Balaban J connectivity index is 1.43. The minimum atomic E-state index is -0.335. The van der Waals surface area contributed by atoms with Crippen molar-refractivity contribution in [1.29, 1.82) is 0 Å². The van der Waals surface area contributed by atoms with Crippen molar-refractivity contribution in [1.82, 2.24) is 14.9 Å². The van der Waals surface area contributed by atoms with Crippen molar-refractivity contribution >= 4 is 23.3 Å². The van der Waals surface area contributed by atoms with Crippen LogP contribution in [0.3, 0.4) is 0 Å². The standard InChI is InChI=1S/C20H21N5O2/c26-19(22-11-4-13-25-14-12-21-15-25)16-7-9-18(10-8-16)24-20(27)23-17-5-2-1-3-6-17/h1-3,5-10,12,14-15H,4,11,13H2,(H,22,26)(H2,23,24,27). The Bertz CT molecular complexity index is 861. The zero-order valence-electron chi connectivity index (χ0n) is 14.8. The van der Waals surface area contributed by atoms with Gasteiger partial charge in [-0.15, -0.1) is 0 Å². The minimum Gasteiger partial charge on any atom is -0.352 e. The Morgan fingerprint density at radius 3 is 2.30 bits per heavy atom. The van der Waals surface area contributed by atoms with Crippen LogP contribution in [0.5, 0.6) is 0 Å². The second-order valence-corrected chi connectivity index (χ2v) is 5.93. The Morgan fingerprint density at radius 2 is 1.63 bits per heavy atom. The number of urea groups is 1. The van der Waals surface area contributed by atoms with E-state index < -0.39 is 0 Å². The summed E-state index contributed by atoms with van der Waals surface area (Å²) >= 11 is 0. The molecule has 0 fully saturated rings. The number of amides is 3. The van der Waals surface area contributed by atoms with Crippen molar-refractivity contribution in [3.8, 4) is 0 Å². The Hall–Kier alpha value is -3.61. The maximum atomic E-state index is 12.2. The molecule has 1 aromatic heterocycles. The summed E-state index contributed by atoms with van der Waals surface area (Å²) in [5, 5.41) is 8.35. The van der Waals surface area contributed by atoms with Gasteiger partial charge in [-0.3, -0.25) is 4.79 Å². The summed E-state index contributed by atoms with van der Waals surface area (Å²) in [6, 6.07) is 15.6. The molecule has 1 heterocycles. The molecule has 3 rings (SSSR count). The van der Waals surface area contributed by atoms with E-state index in [9.17, 15) is 9.59 Å². The van der Waals surface area contributed by atoms with Crippen molar-refractivity contribution in [3.63, 3.8) is 0 Å². The third kappa shape index (κ3) is 5.71. The van der Waals surface area contributed by atoms with Gasteiger partial charge >= 0.3 is 6.03 Å². The molecule has 0 aliphatic carbocycles. The van der Waals surface area contributed by atoms with Crippen LogP contribution in [-0.2, 0) is 6.54 Å². The zero-order chi connectivity index (χ0) is 18.9. The molecule has 138 valence electrons. The third-order valence-corrected chi connectivity index (χ3v) is 3.87. The van der Waals surface area contributed by atoms with E-state index in [0.717, 1.165) is 13.0 Å². The minimum absolute atomic E-state index is 0.138. The summed E-state index contributed by atoms with van der Waals surface area (Å²) in [4.78, 5) is 28.1. The first-order chi connectivity index (χ1) is 13.2. The van der Waals surface area contributed by atoms with Gasteiger partial charge in [0.2, 0.25) is 0 Å². The number of para-hydroxylation sites is 1. The lowest BCUT2D eigenvalue weighted by molar-refractivity contribution is 0.0952. The predicted molar refractivity (Wildman–Crippen MR) is 105 cm³/mol. The molecule has 0 unspecified atom stereocenters. The monoisotopic (exact) mass is 363 g/mol. The topological polar surface area (TPSA) is 88.0 Å². The summed E-state index contributed by atoms with van der Waals surface area (Å²) in [6.07, 6.45) is 6.19. The van der Waals surface area contributed by atoms with Crippen LogP contribution < -0.4 is 16.0 Å². The molecule has 0 atom stereocenters. The lowest BCUT2D eigenvalue weighted by Gasteiger charge is -2.09. The molecule has 3 N–H and O–H groups in total. The lowest BCUT2D eigenvalue weighted by Crippen LogP contribution is -2.25. The average molecular weight is 363 g/mol. The van der Waals surface area contributed by atoms with Crippen LogP contribution in [0.2, 0.25) is 0 Å². The van der Waals surface area contributed by atoms with E-state index in [1.165, 1.54) is 0 Å². The number of imidazole rings is 1. The molecule has 2 aromatic carbocycles. The van der Waals surface area contributed by atoms with E-state index in [2.05, 4.69) is 20.9 Å². The molecule has 3 amide bonds. The first-order valence-electron chi connectivity index (χ1n) is 8.68. The summed E-state index contributed by atoms with van der Waals surface area (Å²) in [7, 11) is 0. The summed E-state index contributed by atoms with van der Waals surface area (Å²) < 4.78 is 1.97. The largest absolute Gasteiger partial charge is 0.352 e. The van der Waals surface area contributed by atoms with Gasteiger partial charge in [-0.25, -0.2) is 9.78 Å². The van der Waals surface area contributed by atoms with Gasteiger partial charge in [0.05, 0.1) is 6.33 Å². The first-order valence-corrected chi connectivity index (χ1v) is 8.68. The zero-order valence-corrected chi connectivity index (χ0v) is 14.8. The van der Waals surface area contributed by atoms with E-state index in [0.29, 0.717) is 23.5 Å². The van der Waals surface area contributed by atoms with Crippen molar-refractivity contribution < 1.29 is 9.59 Å². The second kappa shape index (κ2) is 9.19. The molecule has 3 aromatic rings. The van der Waals surface area contributed by atoms with Crippen LogP contribution in [0, 0.1) is 0 Å². The Labute approximate surface area is 157 Å². The molecule has 0 saturated heterocycles. The molecule has 7 heteroatoms. The van der Waals surface area contributed by atoms with Crippen LogP contribution in [0.1, 0.15) is 16.8 Å². The number of carbonyl (C=O) groups excluding carboxylic acids is 2. The fourth-order valence-electron chi connectivity index (χ4n) is 2.50. The smallest absolute Gasteiger partial charge is 0.323 e. The molecule has 7 nitrogen and oxygen atoms in total. The molecule has 0 aliphatic heterocycles. The quantitative estimate of drug-likeness (QED) is 0.563. The van der Waals surface area contributed by atoms with Crippen LogP contribution in [0.4, 0.5) is 16.2 Å². The second-order valence-electron chi connectivity index (χ2n) is 5.93.